The van der Waals surface area contributed by atoms with Crippen molar-refractivity contribution in [2.45, 2.75) is 13.1 Å². The van der Waals surface area contributed by atoms with Gasteiger partial charge in [-0.1, -0.05) is 23.4 Å². The van der Waals surface area contributed by atoms with Gasteiger partial charge in [0.05, 0.1) is 28.7 Å². The van der Waals surface area contributed by atoms with Crippen LogP contribution in [0.25, 0.3) is 21.7 Å². The van der Waals surface area contributed by atoms with E-state index in [1.807, 2.05) is 17.5 Å². The van der Waals surface area contributed by atoms with Gasteiger partial charge in [-0.25, -0.2) is 4.98 Å². The molecule has 0 unspecified atom stereocenters. The third-order valence-corrected chi connectivity index (χ3v) is 4.55. The first-order chi connectivity index (χ1) is 12.7. The van der Waals surface area contributed by atoms with E-state index in [1.54, 1.807) is 24.3 Å². The number of carbonyl (C=O) groups is 1. The zero-order valence-electron chi connectivity index (χ0n) is 13.5. The summed E-state index contributed by atoms with van der Waals surface area (Å²) in [5.74, 6) is 0.441. The molecule has 1 N–H and O–H groups in total. The summed E-state index contributed by atoms with van der Waals surface area (Å²) in [4.78, 5) is 33.8. The van der Waals surface area contributed by atoms with Crippen LogP contribution in [0.4, 0.5) is 0 Å². The molecule has 0 atom stereocenters. The third-order valence-electron chi connectivity index (χ3n) is 3.69. The van der Waals surface area contributed by atoms with Crippen LogP contribution in [0.1, 0.15) is 5.82 Å². The Kier molecular flexibility index (Phi) is 4.28. The molecule has 0 saturated heterocycles. The van der Waals surface area contributed by atoms with Crippen molar-refractivity contribution in [2.24, 2.45) is 0 Å². The van der Waals surface area contributed by atoms with Gasteiger partial charge in [-0.05, 0) is 23.6 Å². The lowest BCUT2D eigenvalue weighted by Crippen LogP contribution is -2.32. The third kappa shape index (κ3) is 3.24. The standard InChI is InChI=1S/C17H13N5O3S/c23-15(9-22-10-19-12-5-2-1-4-11(12)17(22)24)18-8-14-20-16(25-21-14)13-6-3-7-26-13/h1-7,10H,8-9H2,(H,18,23). The minimum absolute atomic E-state index is 0.115. The lowest BCUT2D eigenvalue weighted by Gasteiger charge is -2.06. The molecule has 8 nitrogen and oxygen atoms in total. The van der Waals surface area contributed by atoms with Crippen molar-refractivity contribution in [1.82, 2.24) is 25.0 Å². The molecular weight excluding hydrogens is 354 g/mol. The second kappa shape index (κ2) is 6.89. The smallest absolute Gasteiger partial charge is 0.268 e. The number of hydrogen-bond acceptors (Lipinski definition) is 7. The molecule has 3 heterocycles. The first-order valence-electron chi connectivity index (χ1n) is 7.78. The Labute approximate surface area is 151 Å². The molecule has 4 rings (SSSR count). The molecule has 3 aromatic heterocycles. The number of para-hydroxylation sites is 1. The summed E-state index contributed by atoms with van der Waals surface area (Å²) in [7, 11) is 0. The minimum Gasteiger partial charge on any atom is -0.347 e. The molecule has 0 aliphatic rings. The van der Waals surface area contributed by atoms with E-state index in [9.17, 15) is 9.59 Å². The highest BCUT2D eigenvalue weighted by atomic mass is 32.1. The topological polar surface area (TPSA) is 103 Å². The number of thiophene rings is 1. The van der Waals surface area contributed by atoms with Gasteiger partial charge in [0.2, 0.25) is 5.91 Å². The van der Waals surface area contributed by atoms with Gasteiger partial charge in [-0.3, -0.25) is 14.2 Å². The van der Waals surface area contributed by atoms with Gasteiger partial charge in [0.15, 0.2) is 5.82 Å². The highest BCUT2D eigenvalue weighted by Gasteiger charge is 2.12. The Bertz CT molecular complexity index is 1120. The summed E-state index contributed by atoms with van der Waals surface area (Å²) in [6.45, 7) is -0.0181. The predicted molar refractivity (Wildman–Crippen MR) is 95.5 cm³/mol. The van der Waals surface area contributed by atoms with E-state index in [0.29, 0.717) is 22.6 Å². The molecule has 0 radical (unpaired) electrons. The van der Waals surface area contributed by atoms with Crippen LogP contribution in [0.2, 0.25) is 0 Å². The summed E-state index contributed by atoms with van der Waals surface area (Å²) in [5, 5.41) is 8.89. The number of rotatable bonds is 5. The molecule has 1 amide bonds. The van der Waals surface area contributed by atoms with Crippen LogP contribution in [0.3, 0.4) is 0 Å². The van der Waals surface area contributed by atoms with Gasteiger partial charge in [0, 0.05) is 0 Å². The molecule has 0 aliphatic heterocycles. The van der Waals surface area contributed by atoms with E-state index in [-0.39, 0.29) is 24.6 Å². The Morgan fingerprint density at radius 1 is 1.23 bits per heavy atom. The van der Waals surface area contributed by atoms with Gasteiger partial charge in [0.1, 0.15) is 6.54 Å². The van der Waals surface area contributed by atoms with Gasteiger partial charge in [-0.15, -0.1) is 11.3 Å². The van der Waals surface area contributed by atoms with Crippen molar-refractivity contribution in [3.8, 4) is 10.8 Å². The molecule has 130 valence electrons. The summed E-state index contributed by atoms with van der Waals surface area (Å²) in [6.07, 6.45) is 1.37. The lowest BCUT2D eigenvalue weighted by atomic mass is 10.2. The Morgan fingerprint density at radius 3 is 2.96 bits per heavy atom. The zero-order chi connectivity index (χ0) is 17.9. The van der Waals surface area contributed by atoms with Crippen LogP contribution in [-0.2, 0) is 17.9 Å². The summed E-state index contributed by atoms with van der Waals surface area (Å²) >= 11 is 1.49. The average molecular weight is 367 g/mol. The van der Waals surface area contributed by atoms with Crippen molar-refractivity contribution < 1.29 is 9.32 Å². The number of hydrogen-bond donors (Lipinski definition) is 1. The number of nitrogens with one attached hydrogen (secondary N) is 1. The molecule has 0 bridgehead atoms. The molecule has 0 fully saturated rings. The fourth-order valence-electron chi connectivity index (χ4n) is 2.43. The molecule has 0 spiro atoms. The summed E-state index contributed by atoms with van der Waals surface area (Å²) < 4.78 is 6.43. The molecule has 1 aromatic carbocycles. The second-order valence-electron chi connectivity index (χ2n) is 5.46. The van der Waals surface area contributed by atoms with Gasteiger partial charge in [0.25, 0.3) is 11.4 Å². The second-order valence-corrected chi connectivity index (χ2v) is 6.41. The fourth-order valence-corrected chi connectivity index (χ4v) is 3.08. The molecule has 26 heavy (non-hydrogen) atoms. The first-order valence-corrected chi connectivity index (χ1v) is 8.66. The van der Waals surface area contributed by atoms with Crippen molar-refractivity contribution >= 4 is 28.1 Å². The number of aromatic nitrogens is 4. The number of carbonyl (C=O) groups excluding carboxylic acids is 1. The van der Waals surface area contributed by atoms with E-state index in [1.165, 1.54) is 22.2 Å². The maximum atomic E-state index is 12.4. The number of amides is 1. The van der Waals surface area contributed by atoms with Crippen molar-refractivity contribution in [1.29, 1.82) is 0 Å². The van der Waals surface area contributed by atoms with E-state index in [4.69, 9.17) is 4.52 Å². The number of nitrogens with zero attached hydrogens (tertiary/aromatic N) is 4. The van der Waals surface area contributed by atoms with Crippen molar-refractivity contribution in [2.75, 3.05) is 0 Å². The van der Waals surface area contributed by atoms with E-state index < -0.39 is 0 Å². The average Bonchev–Trinajstić information content (AvgIpc) is 3.34. The van der Waals surface area contributed by atoms with Crippen LogP contribution in [0, 0.1) is 0 Å². The first kappa shape index (κ1) is 16.2. The van der Waals surface area contributed by atoms with Gasteiger partial charge >= 0.3 is 0 Å². The number of benzene rings is 1. The number of fused-ring (bicyclic) bond motifs is 1. The highest BCUT2D eigenvalue weighted by molar-refractivity contribution is 7.13. The van der Waals surface area contributed by atoms with Crippen LogP contribution < -0.4 is 10.9 Å². The monoisotopic (exact) mass is 367 g/mol. The highest BCUT2D eigenvalue weighted by Crippen LogP contribution is 2.22. The fraction of sp³-hybridized carbons (Fsp3) is 0.118. The summed E-state index contributed by atoms with van der Waals surface area (Å²) in [5.41, 5.74) is 0.340. The van der Waals surface area contributed by atoms with Crippen LogP contribution in [-0.4, -0.2) is 25.6 Å². The minimum atomic E-state index is -0.341. The van der Waals surface area contributed by atoms with E-state index in [0.717, 1.165) is 4.88 Å². The quantitative estimate of drug-likeness (QED) is 0.577. The van der Waals surface area contributed by atoms with Crippen LogP contribution >= 0.6 is 11.3 Å². The van der Waals surface area contributed by atoms with Gasteiger partial charge in [-0.2, -0.15) is 4.98 Å². The maximum Gasteiger partial charge on any atom is 0.268 e. The van der Waals surface area contributed by atoms with Crippen LogP contribution in [0.15, 0.2) is 57.4 Å². The van der Waals surface area contributed by atoms with Crippen LogP contribution in [0.5, 0.6) is 0 Å². The zero-order valence-corrected chi connectivity index (χ0v) is 14.3. The van der Waals surface area contributed by atoms with E-state index >= 15 is 0 Å². The summed E-state index contributed by atoms with van der Waals surface area (Å²) in [6, 6.07) is 10.8. The van der Waals surface area contributed by atoms with Gasteiger partial charge < -0.3 is 9.84 Å². The molecule has 4 aromatic rings. The molecular formula is C17H13N5O3S. The van der Waals surface area contributed by atoms with Crippen molar-refractivity contribution in [3.63, 3.8) is 0 Å². The predicted octanol–water partition coefficient (Wildman–Crippen LogP) is 1.82. The Morgan fingerprint density at radius 2 is 2.12 bits per heavy atom. The molecule has 0 saturated carbocycles. The molecule has 9 heteroatoms. The van der Waals surface area contributed by atoms with Crippen molar-refractivity contribution in [3.05, 3.63) is 64.3 Å². The maximum absolute atomic E-state index is 12.4. The normalized spacial score (nSPS) is 10.9. The lowest BCUT2D eigenvalue weighted by molar-refractivity contribution is -0.121. The van der Waals surface area contributed by atoms with E-state index in [2.05, 4.69) is 20.4 Å². The largest absolute Gasteiger partial charge is 0.347 e. The molecule has 0 aliphatic carbocycles. The SMILES string of the molecule is O=C(Cn1cnc2ccccc2c1=O)NCc1noc(-c2cccs2)n1. The Balaban J connectivity index is 1.42. The Hall–Kier alpha value is -3.33.